The molecule has 8 nitrogen and oxygen atoms in total. The Morgan fingerprint density at radius 1 is 1.29 bits per heavy atom. The fraction of sp³-hybridized carbons (Fsp3) is 0.227. The number of nitrogens with zero attached hydrogens (tertiary/aromatic N) is 2. The van der Waals surface area contributed by atoms with Crippen LogP contribution in [0.3, 0.4) is 0 Å². The molecule has 1 aliphatic rings. The number of furan rings is 1. The summed E-state index contributed by atoms with van der Waals surface area (Å²) in [4.78, 5) is 30.5. The molecule has 1 aromatic heterocycles. The molecule has 4 rings (SSSR count). The van der Waals surface area contributed by atoms with E-state index in [4.69, 9.17) is 14.9 Å². The van der Waals surface area contributed by atoms with Crippen LogP contribution in [-0.4, -0.2) is 36.8 Å². The van der Waals surface area contributed by atoms with Gasteiger partial charge in [0.2, 0.25) is 5.91 Å². The molecular weight excluding hydrogens is 403 g/mol. The minimum atomic E-state index is -1.19. The average Bonchev–Trinajstić information content (AvgIpc) is 3.16. The van der Waals surface area contributed by atoms with Gasteiger partial charge in [0.1, 0.15) is 17.1 Å². The molecule has 31 heavy (non-hydrogen) atoms. The first kappa shape index (κ1) is 20.4. The summed E-state index contributed by atoms with van der Waals surface area (Å²) >= 11 is 0. The van der Waals surface area contributed by atoms with Crippen LogP contribution in [0.2, 0.25) is 0 Å². The minimum absolute atomic E-state index is 0.00490. The van der Waals surface area contributed by atoms with Crippen LogP contribution in [0.25, 0.3) is 11.0 Å². The molecule has 2 heterocycles. The van der Waals surface area contributed by atoms with Crippen LogP contribution in [0.15, 0.2) is 51.9 Å². The largest absolute Gasteiger partial charge is 0.497 e. The molecule has 2 amide bonds. The number of nitrogens with two attached hydrogens (primary N) is 1. The monoisotopic (exact) mass is 424 g/mol. The zero-order chi connectivity index (χ0) is 22.3. The zero-order valence-corrected chi connectivity index (χ0v) is 17.2. The number of hydrogen-bond acceptors (Lipinski definition) is 6. The number of halogens is 1. The van der Waals surface area contributed by atoms with Gasteiger partial charge >= 0.3 is 0 Å². The molecule has 0 saturated heterocycles. The third kappa shape index (κ3) is 3.70. The van der Waals surface area contributed by atoms with E-state index in [1.165, 1.54) is 30.1 Å². The van der Waals surface area contributed by atoms with E-state index in [0.29, 0.717) is 22.4 Å². The first-order valence-corrected chi connectivity index (χ1v) is 9.51. The van der Waals surface area contributed by atoms with Gasteiger partial charge in [0, 0.05) is 23.7 Å². The summed E-state index contributed by atoms with van der Waals surface area (Å²) in [6.45, 7) is 1.63. The molecule has 1 aliphatic heterocycles. The highest BCUT2D eigenvalue weighted by atomic mass is 19.1. The Hall–Kier alpha value is -3.88. The van der Waals surface area contributed by atoms with Crippen LogP contribution in [0.5, 0.6) is 5.75 Å². The second-order valence-electron chi connectivity index (χ2n) is 7.54. The number of methoxy groups -OCH3 is 1. The van der Waals surface area contributed by atoms with Crippen molar-refractivity contribution in [2.24, 2.45) is 10.7 Å². The number of carbonyl (C=O) groups is 2. The number of ether oxygens (including phenoxy) is 1. The Kier molecular flexibility index (Phi) is 4.88. The van der Waals surface area contributed by atoms with E-state index in [1.54, 1.807) is 38.3 Å². The molecule has 160 valence electrons. The van der Waals surface area contributed by atoms with Gasteiger partial charge in [-0.2, -0.15) is 0 Å². The van der Waals surface area contributed by atoms with Crippen molar-refractivity contribution >= 4 is 34.4 Å². The van der Waals surface area contributed by atoms with Gasteiger partial charge in [-0.25, -0.2) is 9.38 Å². The highest BCUT2D eigenvalue weighted by molar-refractivity contribution is 6.05. The molecular formula is C22H21FN4O4. The lowest BCUT2D eigenvalue weighted by Gasteiger charge is -2.34. The van der Waals surface area contributed by atoms with E-state index < -0.39 is 17.3 Å². The second-order valence-corrected chi connectivity index (χ2v) is 7.54. The van der Waals surface area contributed by atoms with Gasteiger partial charge in [0.15, 0.2) is 11.7 Å². The quantitative estimate of drug-likeness (QED) is 0.668. The first-order chi connectivity index (χ1) is 14.7. The molecule has 9 heteroatoms. The van der Waals surface area contributed by atoms with Crippen molar-refractivity contribution in [1.82, 2.24) is 4.90 Å². The maximum atomic E-state index is 14.6. The van der Waals surface area contributed by atoms with Gasteiger partial charge < -0.3 is 20.2 Å². The third-order valence-electron chi connectivity index (χ3n) is 5.33. The van der Waals surface area contributed by atoms with Crippen molar-refractivity contribution in [1.29, 1.82) is 0 Å². The predicted molar refractivity (Wildman–Crippen MR) is 113 cm³/mol. The summed E-state index contributed by atoms with van der Waals surface area (Å²) in [5.74, 6) is -0.585. The molecule has 3 N–H and O–H groups in total. The lowest BCUT2D eigenvalue weighted by atomic mass is 9.87. The van der Waals surface area contributed by atoms with Crippen LogP contribution in [-0.2, 0) is 10.3 Å². The smallest absolute Gasteiger partial charge is 0.291 e. The number of guanidine groups is 1. The van der Waals surface area contributed by atoms with Gasteiger partial charge in [-0.05, 0) is 49.4 Å². The van der Waals surface area contributed by atoms with E-state index in [2.05, 4.69) is 10.3 Å². The zero-order valence-electron chi connectivity index (χ0n) is 17.2. The Bertz CT molecular complexity index is 1240. The molecule has 0 saturated carbocycles. The highest BCUT2D eigenvalue weighted by Gasteiger charge is 2.38. The maximum absolute atomic E-state index is 14.6. The lowest BCUT2D eigenvalue weighted by Crippen LogP contribution is -2.47. The fourth-order valence-corrected chi connectivity index (χ4v) is 3.53. The number of benzene rings is 2. The predicted octanol–water partition coefficient (Wildman–Crippen LogP) is 3.22. The molecule has 1 unspecified atom stereocenters. The standard InChI is InChI=1S/C22H21FN4O4/c1-22(11-19(28)27(2)21(24)26-22)15-10-13(4-6-16(15)23)25-20(29)18-9-12-8-14(30-3)5-7-17(12)31-18/h4-10H,11H2,1-3H3,(H2,24,26)(H,25,29). The molecule has 3 aromatic rings. The number of aliphatic imine (C=N–C) groups is 1. The molecule has 2 aromatic carbocycles. The number of carbonyl (C=O) groups excluding carboxylic acids is 2. The molecule has 1 atom stereocenters. The van der Waals surface area contributed by atoms with Gasteiger partial charge in [-0.3, -0.25) is 14.5 Å². The van der Waals surface area contributed by atoms with Crippen LogP contribution in [0.4, 0.5) is 10.1 Å². The van der Waals surface area contributed by atoms with Crippen molar-refractivity contribution in [3.8, 4) is 5.75 Å². The molecule has 0 bridgehead atoms. The minimum Gasteiger partial charge on any atom is -0.497 e. The molecule has 0 spiro atoms. The Balaban J connectivity index is 1.63. The average molecular weight is 424 g/mol. The summed E-state index contributed by atoms with van der Waals surface area (Å²) < 4.78 is 25.4. The van der Waals surface area contributed by atoms with Crippen molar-refractivity contribution in [3.63, 3.8) is 0 Å². The first-order valence-electron chi connectivity index (χ1n) is 9.51. The van der Waals surface area contributed by atoms with Gasteiger partial charge in [0.25, 0.3) is 5.91 Å². The Labute approximate surface area is 177 Å². The van der Waals surface area contributed by atoms with Crippen LogP contribution in [0, 0.1) is 5.82 Å². The van der Waals surface area contributed by atoms with E-state index in [0.717, 1.165) is 0 Å². The number of hydrogen-bond donors (Lipinski definition) is 2. The SMILES string of the molecule is COc1ccc2oc(C(=O)Nc3ccc(F)c(C4(C)CC(=O)N(C)C(N)=N4)c3)cc2c1. The Morgan fingerprint density at radius 3 is 2.77 bits per heavy atom. The van der Waals surface area contributed by atoms with Crippen molar-refractivity contribution in [2.45, 2.75) is 18.9 Å². The van der Waals surface area contributed by atoms with Crippen LogP contribution in [0.1, 0.15) is 29.5 Å². The van der Waals surface area contributed by atoms with E-state index in [9.17, 15) is 14.0 Å². The number of anilines is 1. The van der Waals surface area contributed by atoms with E-state index in [-0.39, 0.29) is 29.6 Å². The molecule has 0 radical (unpaired) electrons. The topological polar surface area (TPSA) is 110 Å². The summed E-state index contributed by atoms with van der Waals surface area (Å²) in [5.41, 5.74) is 5.67. The van der Waals surface area contributed by atoms with E-state index in [1.807, 2.05) is 0 Å². The third-order valence-corrected chi connectivity index (χ3v) is 5.33. The van der Waals surface area contributed by atoms with E-state index >= 15 is 0 Å². The fourth-order valence-electron chi connectivity index (χ4n) is 3.53. The number of amides is 2. The second kappa shape index (κ2) is 7.42. The van der Waals surface area contributed by atoms with Crippen molar-refractivity contribution in [3.05, 3.63) is 59.6 Å². The molecule has 0 fully saturated rings. The van der Waals surface area contributed by atoms with Crippen molar-refractivity contribution in [2.75, 3.05) is 19.5 Å². The van der Waals surface area contributed by atoms with Crippen molar-refractivity contribution < 1.29 is 23.1 Å². The number of nitrogens with one attached hydrogen (secondary N) is 1. The Morgan fingerprint density at radius 2 is 2.06 bits per heavy atom. The summed E-state index contributed by atoms with van der Waals surface area (Å²) in [5, 5.41) is 3.41. The lowest BCUT2D eigenvalue weighted by molar-refractivity contribution is -0.128. The summed E-state index contributed by atoms with van der Waals surface area (Å²) in [6, 6.07) is 10.9. The number of rotatable bonds is 4. The summed E-state index contributed by atoms with van der Waals surface area (Å²) in [6.07, 6.45) is -0.0517. The van der Waals surface area contributed by atoms with Gasteiger partial charge in [-0.15, -0.1) is 0 Å². The normalized spacial score (nSPS) is 18.8. The number of fused-ring (bicyclic) bond motifs is 1. The van der Waals surface area contributed by atoms with Crippen LogP contribution >= 0.6 is 0 Å². The molecule has 0 aliphatic carbocycles. The maximum Gasteiger partial charge on any atom is 0.291 e. The summed E-state index contributed by atoms with van der Waals surface area (Å²) in [7, 11) is 3.06. The highest BCUT2D eigenvalue weighted by Crippen LogP contribution is 2.36. The van der Waals surface area contributed by atoms with Gasteiger partial charge in [0.05, 0.1) is 19.1 Å². The van der Waals surface area contributed by atoms with Gasteiger partial charge in [-0.1, -0.05) is 0 Å². The van der Waals surface area contributed by atoms with Crippen LogP contribution < -0.4 is 15.8 Å².